The standard InChI is InChI=1S/C21H21F2N5O2/c1-11-8-14(20(29)25-9-15-12(2)27-28(4)13(15)3)18(10-24-11)26-21(30)19-16(22)6-5-7-17(19)23/h5-8,10,24H,1,9H2,2-4H3,(H,25,29)(H,26,30). The lowest BCUT2D eigenvalue weighted by Gasteiger charge is -2.19. The third kappa shape index (κ3) is 4.14. The van der Waals surface area contributed by atoms with Gasteiger partial charge in [0.05, 0.1) is 17.0 Å². The van der Waals surface area contributed by atoms with Gasteiger partial charge in [-0.1, -0.05) is 12.6 Å². The van der Waals surface area contributed by atoms with E-state index in [2.05, 4.69) is 27.6 Å². The Morgan fingerprint density at radius 3 is 2.47 bits per heavy atom. The molecule has 1 aliphatic rings. The third-order valence-electron chi connectivity index (χ3n) is 4.78. The number of dihydropyridines is 1. The number of aromatic nitrogens is 2. The number of amides is 2. The maximum Gasteiger partial charge on any atom is 0.261 e. The van der Waals surface area contributed by atoms with Gasteiger partial charge in [0.15, 0.2) is 0 Å². The highest BCUT2D eigenvalue weighted by Crippen LogP contribution is 2.18. The molecule has 2 amide bonds. The van der Waals surface area contributed by atoms with Gasteiger partial charge in [-0.05, 0) is 32.1 Å². The van der Waals surface area contributed by atoms with E-state index in [0.29, 0.717) is 5.70 Å². The first-order valence-corrected chi connectivity index (χ1v) is 9.09. The van der Waals surface area contributed by atoms with Gasteiger partial charge < -0.3 is 16.0 Å². The summed E-state index contributed by atoms with van der Waals surface area (Å²) in [5.41, 5.74) is 2.43. The predicted molar refractivity (Wildman–Crippen MR) is 107 cm³/mol. The van der Waals surface area contributed by atoms with Crippen LogP contribution in [0.5, 0.6) is 0 Å². The van der Waals surface area contributed by atoms with Crippen LogP contribution in [0.15, 0.2) is 54.0 Å². The summed E-state index contributed by atoms with van der Waals surface area (Å²) < 4.78 is 29.5. The highest BCUT2D eigenvalue weighted by atomic mass is 19.1. The van der Waals surface area contributed by atoms with Crippen molar-refractivity contribution in [2.45, 2.75) is 20.4 Å². The van der Waals surface area contributed by atoms with E-state index in [9.17, 15) is 18.4 Å². The molecule has 1 aliphatic heterocycles. The molecule has 3 N–H and O–H groups in total. The first kappa shape index (κ1) is 21.0. The van der Waals surface area contributed by atoms with Crippen LogP contribution in [0.4, 0.5) is 8.78 Å². The second-order valence-corrected chi connectivity index (χ2v) is 6.79. The normalized spacial score (nSPS) is 13.3. The van der Waals surface area contributed by atoms with E-state index in [1.807, 2.05) is 20.9 Å². The lowest BCUT2D eigenvalue weighted by Crippen LogP contribution is -2.35. The Hall–Kier alpha value is -3.75. The number of carbonyl (C=O) groups is 2. The number of hydrogen-bond acceptors (Lipinski definition) is 4. The molecule has 0 unspecified atom stereocenters. The van der Waals surface area contributed by atoms with E-state index in [1.54, 1.807) is 4.68 Å². The van der Waals surface area contributed by atoms with Gasteiger partial charge in [-0.15, -0.1) is 0 Å². The van der Waals surface area contributed by atoms with E-state index in [1.165, 1.54) is 12.3 Å². The summed E-state index contributed by atoms with van der Waals surface area (Å²) in [6.07, 6.45) is 2.78. The van der Waals surface area contributed by atoms with Crippen molar-refractivity contribution in [3.05, 3.63) is 88.2 Å². The maximum absolute atomic E-state index is 13.9. The monoisotopic (exact) mass is 413 g/mol. The molecular formula is C21H21F2N5O2. The molecule has 1 aromatic heterocycles. The van der Waals surface area contributed by atoms with Crippen molar-refractivity contribution in [1.29, 1.82) is 0 Å². The zero-order chi connectivity index (χ0) is 22.0. The Kier molecular flexibility index (Phi) is 5.81. The molecule has 2 heterocycles. The molecule has 7 nitrogen and oxygen atoms in total. The molecule has 0 saturated carbocycles. The summed E-state index contributed by atoms with van der Waals surface area (Å²) >= 11 is 0. The van der Waals surface area contributed by atoms with Crippen molar-refractivity contribution in [3.63, 3.8) is 0 Å². The molecule has 0 bridgehead atoms. The van der Waals surface area contributed by atoms with Crippen molar-refractivity contribution < 1.29 is 18.4 Å². The van der Waals surface area contributed by atoms with Gasteiger partial charge in [0.1, 0.15) is 17.2 Å². The number of halogens is 2. The quantitative estimate of drug-likeness (QED) is 0.702. The lowest BCUT2D eigenvalue weighted by molar-refractivity contribution is -0.117. The smallest absolute Gasteiger partial charge is 0.261 e. The molecule has 0 fully saturated rings. The van der Waals surface area contributed by atoms with Crippen LogP contribution in [-0.2, 0) is 18.4 Å². The molecule has 0 atom stereocenters. The number of allylic oxidation sites excluding steroid dienone is 1. The molecule has 9 heteroatoms. The summed E-state index contributed by atoms with van der Waals surface area (Å²) in [6, 6.07) is 3.12. The topological polar surface area (TPSA) is 88.1 Å². The van der Waals surface area contributed by atoms with Crippen molar-refractivity contribution in [2.75, 3.05) is 0 Å². The molecule has 156 valence electrons. The van der Waals surface area contributed by atoms with E-state index >= 15 is 0 Å². The van der Waals surface area contributed by atoms with Crippen LogP contribution in [-0.4, -0.2) is 21.6 Å². The summed E-state index contributed by atoms with van der Waals surface area (Å²) in [6.45, 7) is 7.70. The van der Waals surface area contributed by atoms with Crippen LogP contribution in [0.3, 0.4) is 0 Å². The molecule has 0 saturated heterocycles. The number of nitrogens with zero attached hydrogens (tertiary/aromatic N) is 2. The van der Waals surface area contributed by atoms with Gasteiger partial charge in [0, 0.05) is 36.7 Å². The van der Waals surface area contributed by atoms with Gasteiger partial charge in [-0.25, -0.2) is 8.78 Å². The van der Waals surface area contributed by atoms with Crippen molar-refractivity contribution in [1.82, 2.24) is 25.7 Å². The van der Waals surface area contributed by atoms with Gasteiger partial charge in [0.25, 0.3) is 11.8 Å². The van der Waals surface area contributed by atoms with Crippen molar-refractivity contribution in [2.24, 2.45) is 7.05 Å². The second-order valence-electron chi connectivity index (χ2n) is 6.79. The van der Waals surface area contributed by atoms with Gasteiger partial charge >= 0.3 is 0 Å². The zero-order valence-corrected chi connectivity index (χ0v) is 16.8. The van der Waals surface area contributed by atoms with Gasteiger partial charge in [0.2, 0.25) is 0 Å². The summed E-state index contributed by atoms with van der Waals surface area (Å²) in [5, 5.41) is 12.2. The number of nitrogens with one attached hydrogen (secondary N) is 3. The summed E-state index contributed by atoms with van der Waals surface area (Å²) in [4.78, 5) is 25.2. The Bertz CT molecular complexity index is 1090. The van der Waals surface area contributed by atoms with Crippen LogP contribution in [0, 0.1) is 25.5 Å². The zero-order valence-electron chi connectivity index (χ0n) is 16.8. The average Bonchev–Trinajstić information content (AvgIpc) is 2.92. The van der Waals surface area contributed by atoms with E-state index in [0.717, 1.165) is 35.2 Å². The Morgan fingerprint density at radius 2 is 1.87 bits per heavy atom. The van der Waals surface area contributed by atoms with Crippen LogP contribution in [0.2, 0.25) is 0 Å². The van der Waals surface area contributed by atoms with Gasteiger partial charge in [-0.3, -0.25) is 14.3 Å². The van der Waals surface area contributed by atoms with E-state index in [4.69, 9.17) is 0 Å². The number of aryl methyl sites for hydroxylation is 2. The summed E-state index contributed by atoms with van der Waals surface area (Å²) in [7, 11) is 1.81. The molecule has 3 rings (SSSR count). The Balaban J connectivity index is 1.78. The van der Waals surface area contributed by atoms with E-state index < -0.39 is 29.0 Å². The minimum atomic E-state index is -1.01. The Morgan fingerprint density at radius 1 is 1.20 bits per heavy atom. The average molecular weight is 413 g/mol. The fourth-order valence-corrected chi connectivity index (χ4v) is 3.06. The molecular weight excluding hydrogens is 392 g/mol. The highest BCUT2D eigenvalue weighted by Gasteiger charge is 2.24. The maximum atomic E-state index is 13.9. The fourth-order valence-electron chi connectivity index (χ4n) is 3.06. The Labute approximate surface area is 172 Å². The number of hydrogen-bond donors (Lipinski definition) is 3. The highest BCUT2D eigenvalue weighted by molar-refractivity contribution is 6.02. The number of carbonyl (C=O) groups excluding carboxylic acids is 2. The van der Waals surface area contributed by atoms with Crippen molar-refractivity contribution in [3.8, 4) is 0 Å². The lowest BCUT2D eigenvalue weighted by atomic mass is 10.1. The van der Waals surface area contributed by atoms with Crippen LogP contribution < -0.4 is 16.0 Å². The third-order valence-corrected chi connectivity index (χ3v) is 4.78. The predicted octanol–water partition coefficient (Wildman–Crippen LogP) is 2.25. The number of rotatable bonds is 5. The second kappa shape index (κ2) is 8.32. The largest absolute Gasteiger partial charge is 0.360 e. The van der Waals surface area contributed by atoms with Crippen LogP contribution in [0.1, 0.15) is 27.3 Å². The molecule has 0 aliphatic carbocycles. The van der Waals surface area contributed by atoms with E-state index in [-0.39, 0.29) is 17.8 Å². The van der Waals surface area contributed by atoms with Crippen LogP contribution in [0.25, 0.3) is 0 Å². The molecule has 1 aromatic carbocycles. The SMILES string of the molecule is C=C1C=C(C(=O)NCc2c(C)nn(C)c2C)C(NC(=O)c2c(F)cccc2F)=CN1. The molecule has 30 heavy (non-hydrogen) atoms. The first-order chi connectivity index (χ1) is 14.2. The minimum absolute atomic E-state index is 0.0622. The molecule has 0 radical (unpaired) electrons. The number of benzene rings is 1. The van der Waals surface area contributed by atoms with Crippen molar-refractivity contribution >= 4 is 11.8 Å². The van der Waals surface area contributed by atoms with Gasteiger partial charge in [-0.2, -0.15) is 5.10 Å². The van der Waals surface area contributed by atoms with Crippen LogP contribution >= 0.6 is 0 Å². The molecule has 2 aromatic rings. The summed E-state index contributed by atoms with van der Waals surface area (Å²) in [5.74, 6) is -3.50. The first-order valence-electron chi connectivity index (χ1n) is 9.09. The minimum Gasteiger partial charge on any atom is -0.360 e. The molecule has 0 spiro atoms. The fraction of sp³-hybridized carbons (Fsp3) is 0.190.